The summed E-state index contributed by atoms with van der Waals surface area (Å²) in [5, 5.41) is 8.68. The number of nitrogens with zero attached hydrogens (tertiary/aromatic N) is 4. The van der Waals surface area contributed by atoms with Gasteiger partial charge in [0.05, 0.1) is 12.3 Å². The van der Waals surface area contributed by atoms with Gasteiger partial charge in [0.15, 0.2) is 4.96 Å². The number of hydrogen-bond acceptors (Lipinski definition) is 8. The Morgan fingerprint density at radius 2 is 2.03 bits per heavy atom. The molecule has 0 saturated heterocycles. The average Bonchev–Trinajstić information content (AvgIpc) is 3.38. The summed E-state index contributed by atoms with van der Waals surface area (Å²) in [6.45, 7) is 2.57. The fourth-order valence-corrected chi connectivity index (χ4v) is 5.48. The highest BCUT2D eigenvalue weighted by atomic mass is 32.2. The number of aromatic nitrogens is 4. The summed E-state index contributed by atoms with van der Waals surface area (Å²) in [6, 6.07) is 9.15. The normalized spacial score (nSPS) is 13.5. The van der Waals surface area contributed by atoms with E-state index in [1.807, 2.05) is 31.2 Å². The number of rotatable bonds is 6. The van der Waals surface area contributed by atoms with E-state index in [1.54, 1.807) is 21.8 Å². The van der Waals surface area contributed by atoms with Crippen LogP contribution in [0.25, 0.3) is 16.4 Å². The van der Waals surface area contributed by atoms with Crippen molar-refractivity contribution in [1.82, 2.24) is 19.6 Å². The van der Waals surface area contributed by atoms with Crippen LogP contribution in [0.2, 0.25) is 0 Å². The maximum absolute atomic E-state index is 12.7. The molecule has 5 rings (SSSR count). The first-order valence-corrected chi connectivity index (χ1v) is 11.7. The predicted octanol–water partition coefficient (Wildman–Crippen LogP) is 4.38. The summed E-state index contributed by atoms with van der Waals surface area (Å²) in [5.41, 5.74) is 2.70. The molecule has 7 nitrogen and oxygen atoms in total. The van der Waals surface area contributed by atoms with Crippen LogP contribution in [0.4, 0.5) is 0 Å². The molecular weight excluding hydrogens is 420 g/mol. The van der Waals surface area contributed by atoms with Gasteiger partial charge in [-0.15, -0.1) is 21.5 Å². The molecule has 1 aliphatic carbocycles. The van der Waals surface area contributed by atoms with Gasteiger partial charge in [-0.25, -0.2) is 4.98 Å². The Morgan fingerprint density at radius 3 is 2.87 bits per heavy atom. The van der Waals surface area contributed by atoms with Gasteiger partial charge in [-0.2, -0.15) is 0 Å². The lowest BCUT2D eigenvalue weighted by Crippen LogP contribution is -2.17. The Morgan fingerprint density at radius 1 is 1.20 bits per heavy atom. The zero-order chi connectivity index (χ0) is 20.5. The molecule has 0 unspecified atom stereocenters. The monoisotopic (exact) mass is 440 g/mol. The van der Waals surface area contributed by atoms with Crippen molar-refractivity contribution in [3.63, 3.8) is 0 Å². The third-order valence-electron chi connectivity index (χ3n) is 4.98. The summed E-state index contributed by atoms with van der Waals surface area (Å²) < 4.78 is 13.0. The Labute approximate surface area is 181 Å². The third kappa shape index (κ3) is 3.75. The fourth-order valence-electron chi connectivity index (χ4n) is 3.60. The van der Waals surface area contributed by atoms with Crippen molar-refractivity contribution >= 4 is 28.1 Å². The van der Waals surface area contributed by atoms with E-state index in [4.69, 9.17) is 14.1 Å². The van der Waals surface area contributed by atoms with Crippen LogP contribution in [0.1, 0.15) is 36.0 Å². The molecule has 0 bridgehead atoms. The zero-order valence-corrected chi connectivity index (χ0v) is 18.1. The van der Waals surface area contributed by atoms with Gasteiger partial charge in [0, 0.05) is 28.0 Å². The lowest BCUT2D eigenvalue weighted by atomic mass is 10.0. The summed E-state index contributed by atoms with van der Waals surface area (Å²) in [5.74, 6) is 1.76. The predicted molar refractivity (Wildman–Crippen MR) is 116 cm³/mol. The molecule has 0 aliphatic heterocycles. The Bertz CT molecular complexity index is 1240. The van der Waals surface area contributed by atoms with Gasteiger partial charge in [-0.1, -0.05) is 11.8 Å². The van der Waals surface area contributed by atoms with Crippen LogP contribution < -0.4 is 10.3 Å². The molecule has 0 fully saturated rings. The molecule has 0 amide bonds. The first-order valence-electron chi connectivity index (χ1n) is 9.94. The van der Waals surface area contributed by atoms with E-state index < -0.39 is 0 Å². The van der Waals surface area contributed by atoms with E-state index >= 15 is 0 Å². The smallest absolute Gasteiger partial charge is 0.277 e. The molecular formula is C21H20N4O3S2. The minimum atomic E-state index is -0.00407. The minimum absolute atomic E-state index is 0.00407. The van der Waals surface area contributed by atoms with E-state index in [1.165, 1.54) is 23.1 Å². The van der Waals surface area contributed by atoms with Gasteiger partial charge >= 0.3 is 0 Å². The SMILES string of the molecule is CCOc1ccc(-c2nnc(SCc3cc(=O)n4c5c(sc4n3)CCCC5)o2)cc1. The van der Waals surface area contributed by atoms with E-state index in [0.717, 1.165) is 46.9 Å². The number of ether oxygens (including phenoxy) is 1. The van der Waals surface area contributed by atoms with Crippen molar-refractivity contribution in [1.29, 1.82) is 0 Å². The largest absolute Gasteiger partial charge is 0.494 e. The molecule has 0 atom stereocenters. The van der Waals surface area contributed by atoms with Gasteiger partial charge in [0.2, 0.25) is 5.89 Å². The molecule has 3 aromatic heterocycles. The summed E-state index contributed by atoms with van der Waals surface area (Å²) in [6.07, 6.45) is 4.33. The summed E-state index contributed by atoms with van der Waals surface area (Å²) in [4.78, 5) is 19.5. The first-order chi connectivity index (χ1) is 14.7. The molecule has 4 aromatic rings. The maximum atomic E-state index is 12.7. The average molecular weight is 441 g/mol. The van der Waals surface area contributed by atoms with E-state index in [-0.39, 0.29) is 5.56 Å². The zero-order valence-electron chi connectivity index (χ0n) is 16.5. The minimum Gasteiger partial charge on any atom is -0.494 e. The van der Waals surface area contributed by atoms with Crippen LogP contribution in [-0.4, -0.2) is 26.2 Å². The van der Waals surface area contributed by atoms with Crippen LogP contribution in [0, 0.1) is 0 Å². The number of hydrogen-bond donors (Lipinski definition) is 0. The van der Waals surface area contributed by atoms with Gasteiger partial charge in [-0.3, -0.25) is 9.20 Å². The topological polar surface area (TPSA) is 82.5 Å². The van der Waals surface area contributed by atoms with E-state index in [0.29, 0.717) is 23.5 Å². The first kappa shape index (κ1) is 19.3. The lowest BCUT2D eigenvalue weighted by Gasteiger charge is -2.09. The lowest BCUT2D eigenvalue weighted by molar-refractivity contribution is 0.340. The Kier molecular flexibility index (Phi) is 5.30. The van der Waals surface area contributed by atoms with Crippen LogP contribution in [0.3, 0.4) is 0 Å². The molecule has 1 aliphatic rings. The van der Waals surface area contributed by atoms with Gasteiger partial charge in [0.25, 0.3) is 10.8 Å². The number of benzene rings is 1. The molecule has 0 radical (unpaired) electrons. The number of fused-ring (bicyclic) bond motifs is 3. The molecule has 9 heteroatoms. The van der Waals surface area contributed by atoms with E-state index in [9.17, 15) is 4.79 Å². The molecule has 3 heterocycles. The molecule has 1 aromatic carbocycles. The molecule has 30 heavy (non-hydrogen) atoms. The highest BCUT2D eigenvalue weighted by Gasteiger charge is 2.19. The van der Waals surface area contributed by atoms with Crippen molar-refractivity contribution < 1.29 is 9.15 Å². The standard InChI is InChI=1S/C21H20N4O3S2/c1-2-27-15-9-7-13(8-10-15)19-23-24-21(28-19)29-12-14-11-18(26)25-16-5-3-4-6-17(16)30-20(25)22-14/h7-11H,2-6,12H2,1H3. The molecule has 0 saturated carbocycles. The van der Waals surface area contributed by atoms with Crippen molar-refractivity contribution in [3.05, 3.63) is 57.0 Å². The summed E-state index contributed by atoms with van der Waals surface area (Å²) in [7, 11) is 0. The quantitative estimate of drug-likeness (QED) is 0.412. The van der Waals surface area contributed by atoms with Gasteiger partial charge < -0.3 is 9.15 Å². The van der Waals surface area contributed by atoms with Crippen molar-refractivity contribution in [2.75, 3.05) is 6.61 Å². The van der Waals surface area contributed by atoms with Crippen LogP contribution in [0.5, 0.6) is 5.75 Å². The Hall–Kier alpha value is -2.65. The van der Waals surface area contributed by atoms with Crippen molar-refractivity contribution in [2.24, 2.45) is 0 Å². The molecule has 154 valence electrons. The molecule has 0 spiro atoms. The second-order valence-corrected chi connectivity index (χ2v) is 8.99. The number of aryl methyl sites for hydroxylation is 2. The Balaban J connectivity index is 1.32. The maximum Gasteiger partial charge on any atom is 0.277 e. The summed E-state index contributed by atoms with van der Waals surface area (Å²) >= 11 is 3.02. The van der Waals surface area contributed by atoms with Crippen LogP contribution in [0.15, 0.2) is 44.8 Å². The number of thioether (sulfide) groups is 1. The van der Waals surface area contributed by atoms with Crippen LogP contribution >= 0.6 is 23.1 Å². The fraction of sp³-hybridized carbons (Fsp3) is 0.333. The second-order valence-electron chi connectivity index (χ2n) is 7.00. The van der Waals surface area contributed by atoms with Crippen LogP contribution in [-0.2, 0) is 18.6 Å². The van der Waals surface area contributed by atoms with Crippen molar-refractivity contribution in [3.8, 4) is 17.2 Å². The third-order valence-corrected chi connectivity index (χ3v) is 6.97. The molecule has 0 N–H and O–H groups in total. The highest BCUT2D eigenvalue weighted by molar-refractivity contribution is 7.98. The van der Waals surface area contributed by atoms with Crippen molar-refractivity contribution in [2.45, 2.75) is 43.6 Å². The highest BCUT2D eigenvalue weighted by Crippen LogP contribution is 2.30. The van der Waals surface area contributed by atoms with Gasteiger partial charge in [0.1, 0.15) is 5.75 Å². The van der Waals surface area contributed by atoms with Gasteiger partial charge in [-0.05, 0) is 56.9 Å². The van der Waals surface area contributed by atoms with E-state index in [2.05, 4.69) is 10.2 Å². The number of thiazole rings is 1. The second kappa shape index (κ2) is 8.23.